The molecular formula is C15H21NO3. The normalized spacial score (nSPS) is 11.2. The molecule has 104 valence electrons. The molecule has 1 aromatic carbocycles. The van der Waals surface area contributed by atoms with Gasteiger partial charge in [0.25, 0.3) is 0 Å². The molecule has 0 aliphatic heterocycles. The van der Waals surface area contributed by atoms with Gasteiger partial charge in [-0.1, -0.05) is 25.1 Å². The Morgan fingerprint density at radius 3 is 2.79 bits per heavy atom. The van der Waals surface area contributed by atoms with Crippen molar-refractivity contribution in [1.82, 2.24) is 0 Å². The van der Waals surface area contributed by atoms with Gasteiger partial charge in [0, 0.05) is 24.9 Å². The Hall–Kier alpha value is -1.81. The Bertz CT molecular complexity index is 441. The molecule has 0 amide bonds. The molecule has 4 heteroatoms. The Labute approximate surface area is 114 Å². The highest BCUT2D eigenvalue weighted by Gasteiger charge is 2.05. The number of methoxy groups -OCH3 is 2. The van der Waals surface area contributed by atoms with Crippen LogP contribution >= 0.6 is 0 Å². The van der Waals surface area contributed by atoms with Crippen LogP contribution in [-0.2, 0) is 20.9 Å². The molecule has 0 bridgehead atoms. The molecule has 0 radical (unpaired) electrons. The van der Waals surface area contributed by atoms with Crippen LogP contribution in [0.25, 0.3) is 0 Å². The molecule has 0 aromatic heterocycles. The molecule has 0 heterocycles. The Balaban J connectivity index is 2.58. The van der Waals surface area contributed by atoms with E-state index < -0.39 is 0 Å². The van der Waals surface area contributed by atoms with E-state index in [4.69, 9.17) is 9.47 Å². The van der Waals surface area contributed by atoms with Crippen LogP contribution in [0.1, 0.15) is 18.9 Å². The zero-order chi connectivity index (χ0) is 14.1. The molecular weight excluding hydrogens is 242 g/mol. The summed E-state index contributed by atoms with van der Waals surface area (Å²) in [7, 11) is 3.07. The van der Waals surface area contributed by atoms with Crippen molar-refractivity contribution < 1.29 is 14.3 Å². The van der Waals surface area contributed by atoms with Crippen LogP contribution in [0.3, 0.4) is 0 Å². The lowest BCUT2D eigenvalue weighted by Gasteiger charge is -2.07. The van der Waals surface area contributed by atoms with Gasteiger partial charge >= 0.3 is 5.97 Å². The Kier molecular flexibility index (Phi) is 6.68. The molecule has 0 saturated heterocycles. The van der Waals surface area contributed by atoms with Crippen molar-refractivity contribution in [3.8, 4) is 0 Å². The lowest BCUT2D eigenvalue weighted by Crippen LogP contribution is -2.07. The molecule has 0 fully saturated rings. The number of benzene rings is 1. The van der Waals surface area contributed by atoms with Crippen LogP contribution in [0.4, 0.5) is 5.69 Å². The van der Waals surface area contributed by atoms with Gasteiger partial charge in [0.05, 0.1) is 13.7 Å². The van der Waals surface area contributed by atoms with Crippen molar-refractivity contribution in [2.45, 2.75) is 20.0 Å². The SMILES string of the molecule is CC/C(=C/CNc1cccc(COC)c1)C(=O)OC. The van der Waals surface area contributed by atoms with E-state index in [1.165, 1.54) is 7.11 Å². The standard InChI is InChI=1S/C15H21NO3/c1-4-13(15(17)19-3)8-9-16-14-7-5-6-12(10-14)11-18-2/h5-8,10,16H,4,9,11H2,1-3H3/b13-8-. The largest absolute Gasteiger partial charge is 0.466 e. The maximum absolute atomic E-state index is 11.4. The van der Waals surface area contributed by atoms with E-state index in [1.807, 2.05) is 37.3 Å². The van der Waals surface area contributed by atoms with Crippen LogP contribution in [0.2, 0.25) is 0 Å². The first kappa shape index (κ1) is 15.2. The third-order valence-electron chi connectivity index (χ3n) is 2.72. The van der Waals surface area contributed by atoms with Crippen molar-refractivity contribution in [2.75, 3.05) is 26.1 Å². The van der Waals surface area contributed by atoms with E-state index in [-0.39, 0.29) is 5.97 Å². The Morgan fingerprint density at radius 2 is 2.16 bits per heavy atom. The van der Waals surface area contributed by atoms with Gasteiger partial charge in [0.2, 0.25) is 0 Å². The summed E-state index contributed by atoms with van der Waals surface area (Å²) in [4.78, 5) is 11.4. The topological polar surface area (TPSA) is 47.6 Å². The second kappa shape index (κ2) is 8.32. The van der Waals surface area contributed by atoms with Crippen molar-refractivity contribution >= 4 is 11.7 Å². The molecule has 0 saturated carbocycles. The average molecular weight is 263 g/mol. The van der Waals surface area contributed by atoms with Crippen molar-refractivity contribution in [1.29, 1.82) is 0 Å². The highest BCUT2D eigenvalue weighted by atomic mass is 16.5. The van der Waals surface area contributed by atoms with Gasteiger partial charge in [-0.15, -0.1) is 0 Å². The number of esters is 1. The Morgan fingerprint density at radius 1 is 1.37 bits per heavy atom. The van der Waals surface area contributed by atoms with Crippen LogP contribution in [0.5, 0.6) is 0 Å². The molecule has 0 aliphatic rings. The van der Waals surface area contributed by atoms with Crippen LogP contribution in [0, 0.1) is 0 Å². The zero-order valence-electron chi connectivity index (χ0n) is 11.7. The number of ether oxygens (including phenoxy) is 2. The van der Waals surface area contributed by atoms with E-state index in [0.717, 1.165) is 11.3 Å². The zero-order valence-corrected chi connectivity index (χ0v) is 11.7. The minimum Gasteiger partial charge on any atom is -0.466 e. The minimum atomic E-state index is -0.266. The number of hydrogen-bond acceptors (Lipinski definition) is 4. The smallest absolute Gasteiger partial charge is 0.333 e. The first-order chi connectivity index (χ1) is 9.21. The summed E-state index contributed by atoms with van der Waals surface area (Å²) in [6.45, 7) is 3.12. The molecule has 19 heavy (non-hydrogen) atoms. The summed E-state index contributed by atoms with van der Waals surface area (Å²) >= 11 is 0. The lowest BCUT2D eigenvalue weighted by atomic mass is 10.2. The van der Waals surface area contributed by atoms with Crippen LogP contribution in [-0.4, -0.2) is 26.7 Å². The molecule has 0 aliphatic carbocycles. The molecule has 1 rings (SSSR count). The maximum Gasteiger partial charge on any atom is 0.333 e. The van der Waals surface area contributed by atoms with Crippen molar-refractivity contribution in [3.05, 3.63) is 41.5 Å². The van der Waals surface area contributed by atoms with Gasteiger partial charge in [-0.05, 0) is 24.1 Å². The van der Waals surface area contributed by atoms with Gasteiger partial charge < -0.3 is 14.8 Å². The fourth-order valence-corrected chi connectivity index (χ4v) is 1.73. The third-order valence-corrected chi connectivity index (χ3v) is 2.72. The molecule has 1 aromatic rings. The van der Waals surface area contributed by atoms with Gasteiger partial charge in [0.1, 0.15) is 0 Å². The first-order valence-corrected chi connectivity index (χ1v) is 6.30. The molecule has 0 spiro atoms. The quantitative estimate of drug-likeness (QED) is 0.607. The summed E-state index contributed by atoms with van der Waals surface area (Å²) in [6, 6.07) is 8.00. The van der Waals surface area contributed by atoms with Gasteiger partial charge in [-0.3, -0.25) is 0 Å². The summed E-state index contributed by atoms with van der Waals surface area (Å²) in [5.41, 5.74) is 2.80. The monoisotopic (exact) mass is 263 g/mol. The first-order valence-electron chi connectivity index (χ1n) is 6.30. The molecule has 0 unspecified atom stereocenters. The molecule has 1 N–H and O–H groups in total. The third kappa shape index (κ3) is 5.14. The number of nitrogens with one attached hydrogen (secondary N) is 1. The summed E-state index contributed by atoms with van der Waals surface area (Å²) in [6.07, 6.45) is 2.52. The number of anilines is 1. The van der Waals surface area contributed by atoms with Gasteiger partial charge in [-0.2, -0.15) is 0 Å². The highest BCUT2D eigenvalue weighted by molar-refractivity contribution is 5.88. The fourth-order valence-electron chi connectivity index (χ4n) is 1.73. The van der Waals surface area contributed by atoms with Gasteiger partial charge in [0.15, 0.2) is 0 Å². The summed E-state index contributed by atoms with van der Waals surface area (Å²) < 4.78 is 9.79. The second-order valence-electron chi connectivity index (χ2n) is 4.09. The van der Waals surface area contributed by atoms with Crippen LogP contribution < -0.4 is 5.32 Å². The molecule has 4 nitrogen and oxygen atoms in total. The van der Waals surface area contributed by atoms with Gasteiger partial charge in [-0.25, -0.2) is 4.79 Å². The van der Waals surface area contributed by atoms with E-state index in [9.17, 15) is 4.79 Å². The summed E-state index contributed by atoms with van der Waals surface area (Å²) in [5, 5.41) is 3.25. The predicted molar refractivity (Wildman–Crippen MR) is 76.0 cm³/mol. The maximum atomic E-state index is 11.4. The van der Waals surface area contributed by atoms with Crippen LogP contribution in [0.15, 0.2) is 35.9 Å². The number of hydrogen-bond donors (Lipinski definition) is 1. The number of carbonyl (C=O) groups is 1. The average Bonchev–Trinajstić information content (AvgIpc) is 2.44. The van der Waals surface area contributed by atoms with E-state index in [1.54, 1.807) is 7.11 Å². The number of rotatable bonds is 7. The van der Waals surface area contributed by atoms with E-state index >= 15 is 0 Å². The fraction of sp³-hybridized carbons (Fsp3) is 0.400. The van der Waals surface area contributed by atoms with Crippen molar-refractivity contribution in [2.24, 2.45) is 0 Å². The van der Waals surface area contributed by atoms with E-state index in [0.29, 0.717) is 25.1 Å². The second-order valence-corrected chi connectivity index (χ2v) is 4.09. The lowest BCUT2D eigenvalue weighted by molar-refractivity contribution is -0.136. The minimum absolute atomic E-state index is 0.266. The number of carbonyl (C=O) groups excluding carboxylic acids is 1. The summed E-state index contributed by atoms with van der Waals surface area (Å²) in [5.74, 6) is -0.266. The van der Waals surface area contributed by atoms with E-state index in [2.05, 4.69) is 5.32 Å². The highest BCUT2D eigenvalue weighted by Crippen LogP contribution is 2.11. The molecule has 0 atom stereocenters. The predicted octanol–water partition coefficient (Wildman–Crippen LogP) is 2.75. The van der Waals surface area contributed by atoms with Crippen molar-refractivity contribution in [3.63, 3.8) is 0 Å².